The summed E-state index contributed by atoms with van der Waals surface area (Å²) < 4.78 is 37.8. The van der Waals surface area contributed by atoms with Gasteiger partial charge in [0.15, 0.2) is 17.4 Å². The van der Waals surface area contributed by atoms with Gasteiger partial charge in [-0.2, -0.15) is 0 Å². The van der Waals surface area contributed by atoms with Gasteiger partial charge in [0, 0.05) is 11.1 Å². The second-order valence-corrected chi connectivity index (χ2v) is 5.72. The number of rotatable bonds is 6. The summed E-state index contributed by atoms with van der Waals surface area (Å²) in [7, 11) is 0. The summed E-state index contributed by atoms with van der Waals surface area (Å²) in [6, 6.07) is 3.84. The average Bonchev–Trinajstić information content (AvgIpc) is 2.55. The first-order valence-corrected chi connectivity index (χ1v) is 7.63. The Balaban J connectivity index is 3.04. The number of carbonyl (C=O) groups is 2. The standard InChI is InChI=1S/C20H20F2O4/c1-11(2)19(23)25-14(6)16(21)9-13(5)15-7-8-18(17(22)10-15)26-20(24)12(3)4/h7-10H,1,3H2,2,4-6H3/b13-9+,16-14-. The molecule has 6 heteroatoms. The monoisotopic (exact) mass is 362 g/mol. The van der Waals surface area contributed by atoms with Gasteiger partial charge in [-0.1, -0.05) is 19.2 Å². The minimum Gasteiger partial charge on any atom is -0.425 e. The van der Waals surface area contributed by atoms with Crippen molar-refractivity contribution in [2.45, 2.75) is 27.7 Å². The Morgan fingerprint density at radius 1 is 1.04 bits per heavy atom. The van der Waals surface area contributed by atoms with Gasteiger partial charge < -0.3 is 9.47 Å². The summed E-state index contributed by atoms with van der Waals surface area (Å²) in [6.45, 7) is 12.6. The van der Waals surface area contributed by atoms with E-state index in [0.717, 1.165) is 12.1 Å². The molecule has 0 unspecified atom stereocenters. The lowest BCUT2D eigenvalue weighted by molar-refractivity contribution is -0.135. The molecule has 0 atom stereocenters. The number of esters is 2. The first-order chi connectivity index (χ1) is 12.0. The zero-order chi connectivity index (χ0) is 20.0. The van der Waals surface area contributed by atoms with Crippen LogP contribution in [0.2, 0.25) is 0 Å². The molecule has 0 heterocycles. The number of ether oxygens (including phenoxy) is 2. The molecule has 0 N–H and O–H groups in total. The fourth-order valence-corrected chi connectivity index (χ4v) is 1.67. The molecule has 0 aromatic heterocycles. The van der Waals surface area contributed by atoms with E-state index in [1.165, 1.54) is 32.9 Å². The maximum Gasteiger partial charge on any atom is 0.338 e. The number of hydrogen-bond donors (Lipinski definition) is 0. The number of allylic oxidation sites excluding steroid dienone is 4. The van der Waals surface area contributed by atoms with Gasteiger partial charge in [0.2, 0.25) is 0 Å². The van der Waals surface area contributed by atoms with Crippen LogP contribution in [0.5, 0.6) is 5.75 Å². The molecule has 0 fully saturated rings. The molecule has 1 aromatic carbocycles. The predicted molar refractivity (Wildman–Crippen MR) is 95.2 cm³/mol. The Morgan fingerprint density at radius 3 is 2.12 bits per heavy atom. The number of hydrogen-bond acceptors (Lipinski definition) is 4. The van der Waals surface area contributed by atoms with E-state index in [4.69, 9.17) is 9.47 Å². The molecule has 0 radical (unpaired) electrons. The highest BCUT2D eigenvalue weighted by molar-refractivity contribution is 5.89. The molecule has 1 aromatic rings. The molecule has 0 saturated heterocycles. The SMILES string of the molecule is C=C(C)C(=O)O/C(C)=C(F)/C=C(\C)c1ccc(OC(=O)C(=C)C)c(F)c1. The number of carbonyl (C=O) groups excluding carboxylic acids is 2. The molecule has 0 aliphatic rings. The summed E-state index contributed by atoms with van der Waals surface area (Å²) >= 11 is 0. The van der Waals surface area contributed by atoms with Gasteiger partial charge in [-0.25, -0.2) is 18.4 Å². The molecule has 26 heavy (non-hydrogen) atoms. The van der Waals surface area contributed by atoms with Crippen LogP contribution in [0.3, 0.4) is 0 Å². The van der Waals surface area contributed by atoms with E-state index in [2.05, 4.69) is 13.2 Å². The van der Waals surface area contributed by atoms with Crippen LogP contribution in [0, 0.1) is 5.82 Å². The summed E-state index contributed by atoms with van der Waals surface area (Å²) in [5.41, 5.74) is 1.02. The molecule has 0 spiro atoms. The Labute approximate surface area is 151 Å². The van der Waals surface area contributed by atoms with Gasteiger partial charge in [0.05, 0.1) is 0 Å². The Morgan fingerprint density at radius 2 is 1.62 bits per heavy atom. The van der Waals surface area contributed by atoms with E-state index in [1.807, 2.05) is 0 Å². The van der Waals surface area contributed by atoms with Crippen molar-refractivity contribution in [3.63, 3.8) is 0 Å². The lowest BCUT2D eigenvalue weighted by atomic mass is 10.1. The van der Waals surface area contributed by atoms with Crippen molar-refractivity contribution in [2.24, 2.45) is 0 Å². The second-order valence-electron chi connectivity index (χ2n) is 5.72. The summed E-state index contributed by atoms with van der Waals surface area (Å²) in [5, 5.41) is 0. The minimum atomic E-state index is -0.782. The van der Waals surface area contributed by atoms with Crippen molar-refractivity contribution in [2.75, 3.05) is 0 Å². The average molecular weight is 362 g/mol. The third kappa shape index (κ3) is 5.81. The van der Waals surface area contributed by atoms with E-state index in [-0.39, 0.29) is 22.7 Å². The topological polar surface area (TPSA) is 52.6 Å². The number of halogens is 2. The van der Waals surface area contributed by atoms with E-state index in [9.17, 15) is 18.4 Å². The fraction of sp³-hybridized carbons (Fsp3) is 0.200. The Kier molecular flexibility index (Phi) is 7.19. The van der Waals surface area contributed by atoms with Crippen LogP contribution >= 0.6 is 0 Å². The van der Waals surface area contributed by atoms with Crippen LogP contribution in [-0.2, 0) is 14.3 Å². The molecular weight excluding hydrogens is 342 g/mol. The van der Waals surface area contributed by atoms with Gasteiger partial charge in [-0.3, -0.25) is 0 Å². The fourth-order valence-electron chi connectivity index (χ4n) is 1.67. The van der Waals surface area contributed by atoms with Gasteiger partial charge in [-0.15, -0.1) is 0 Å². The highest BCUT2D eigenvalue weighted by Gasteiger charge is 2.12. The zero-order valence-electron chi connectivity index (χ0n) is 15.1. The lowest BCUT2D eigenvalue weighted by Gasteiger charge is -2.08. The van der Waals surface area contributed by atoms with Crippen molar-refractivity contribution in [3.8, 4) is 5.75 Å². The molecule has 0 aliphatic carbocycles. The normalized spacial score (nSPS) is 12.2. The minimum absolute atomic E-state index is 0.136. The molecule has 4 nitrogen and oxygen atoms in total. The first kappa shape index (κ1) is 21.0. The zero-order valence-corrected chi connectivity index (χ0v) is 15.1. The number of benzene rings is 1. The Bertz CT molecular complexity index is 832. The third-order valence-corrected chi connectivity index (χ3v) is 3.21. The van der Waals surface area contributed by atoms with Crippen molar-refractivity contribution in [1.29, 1.82) is 0 Å². The van der Waals surface area contributed by atoms with Gasteiger partial charge in [0.1, 0.15) is 5.76 Å². The molecule has 0 amide bonds. The van der Waals surface area contributed by atoms with Crippen LogP contribution in [0.25, 0.3) is 5.57 Å². The largest absolute Gasteiger partial charge is 0.425 e. The molecular formula is C20H20F2O4. The van der Waals surface area contributed by atoms with Crippen LogP contribution < -0.4 is 4.74 Å². The lowest BCUT2D eigenvalue weighted by Crippen LogP contribution is -2.09. The second kappa shape index (κ2) is 8.89. The maximum absolute atomic E-state index is 14.1. The van der Waals surface area contributed by atoms with Gasteiger partial charge >= 0.3 is 11.9 Å². The van der Waals surface area contributed by atoms with E-state index in [1.54, 1.807) is 6.92 Å². The van der Waals surface area contributed by atoms with Crippen molar-refractivity contribution >= 4 is 17.5 Å². The first-order valence-electron chi connectivity index (χ1n) is 7.63. The smallest absolute Gasteiger partial charge is 0.338 e. The summed E-state index contributed by atoms with van der Waals surface area (Å²) in [6.07, 6.45) is 1.11. The molecule has 0 saturated carbocycles. The van der Waals surface area contributed by atoms with Gasteiger partial charge in [0.25, 0.3) is 0 Å². The van der Waals surface area contributed by atoms with Crippen LogP contribution in [0.1, 0.15) is 33.3 Å². The molecule has 0 bridgehead atoms. The van der Waals surface area contributed by atoms with Crippen LogP contribution in [0.15, 0.2) is 60.2 Å². The van der Waals surface area contributed by atoms with Crippen LogP contribution in [0.4, 0.5) is 8.78 Å². The van der Waals surface area contributed by atoms with Gasteiger partial charge in [-0.05, 0) is 57.0 Å². The highest BCUT2D eigenvalue weighted by atomic mass is 19.1. The summed E-state index contributed by atoms with van der Waals surface area (Å²) in [5.74, 6) is -3.52. The summed E-state index contributed by atoms with van der Waals surface area (Å²) in [4.78, 5) is 22.8. The highest BCUT2D eigenvalue weighted by Crippen LogP contribution is 2.25. The molecule has 0 aliphatic heterocycles. The predicted octanol–water partition coefficient (Wildman–Crippen LogP) is 5.03. The van der Waals surface area contributed by atoms with E-state index in [0.29, 0.717) is 11.1 Å². The Hall–Kier alpha value is -3.02. The van der Waals surface area contributed by atoms with Crippen molar-refractivity contribution < 1.29 is 27.8 Å². The van der Waals surface area contributed by atoms with Crippen LogP contribution in [-0.4, -0.2) is 11.9 Å². The molecule has 1 rings (SSSR count). The molecule has 138 valence electrons. The van der Waals surface area contributed by atoms with Crippen molar-refractivity contribution in [1.82, 2.24) is 0 Å². The van der Waals surface area contributed by atoms with E-state index < -0.39 is 23.6 Å². The van der Waals surface area contributed by atoms with E-state index >= 15 is 0 Å². The third-order valence-electron chi connectivity index (χ3n) is 3.21. The quantitative estimate of drug-likeness (QED) is 0.234. The van der Waals surface area contributed by atoms with Crippen molar-refractivity contribution in [3.05, 3.63) is 71.5 Å². The maximum atomic E-state index is 14.1.